The molecule has 0 fully saturated rings. The molecule has 1 aromatic heterocycles. The van der Waals surface area contributed by atoms with Crippen LogP contribution in [0.15, 0.2) is 77.8 Å². The van der Waals surface area contributed by atoms with Crippen molar-refractivity contribution in [2.75, 3.05) is 0 Å². The molecule has 2 aromatic carbocycles. The van der Waals surface area contributed by atoms with Gasteiger partial charge in [-0.3, -0.25) is 0 Å². The minimum absolute atomic E-state index is 0.0926. The fraction of sp³-hybridized carbons (Fsp3) is 0.0526. The van der Waals surface area contributed by atoms with Gasteiger partial charge in [0.15, 0.2) is 0 Å². The molecule has 6 heteroatoms. The summed E-state index contributed by atoms with van der Waals surface area (Å²) in [6, 6.07) is 20.7. The topological polar surface area (TPSA) is 25.2 Å². The van der Waals surface area contributed by atoms with Crippen LogP contribution in [0.1, 0.15) is 16.8 Å². The van der Waals surface area contributed by atoms with Crippen molar-refractivity contribution < 1.29 is 13.2 Å². The van der Waals surface area contributed by atoms with Gasteiger partial charge in [0.2, 0.25) is 0 Å². The van der Waals surface area contributed by atoms with Crippen LogP contribution in [0.2, 0.25) is 5.15 Å². The Kier molecular flexibility index (Phi) is 4.86. The molecule has 3 aromatic rings. The molecule has 0 atom stereocenters. The molecule has 3 rings (SSSR count). The number of hydrogen-bond acceptors (Lipinski definition) is 2. The monoisotopic (exact) mass is 360 g/mol. The average Bonchev–Trinajstić information content (AvgIpc) is 2.60. The van der Waals surface area contributed by atoms with Crippen LogP contribution in [-0.2, 0) is 6.18 Å². The molecule has 126 valence electrons. The van der Waals surface area contributed by atoms with Crippen molar-refractivity contribution in [1.29, 1.82) is 0 Å². The molecule has 0 N–H and O–H groups in total. The third-order valence-corrected chi connectivity index (χ3v) is 3.60. The zero-order chi connectivity index (χ0) is 17.9. The maximum Gasteiger partial charge on any atom is 0.433 e. The highest BCUT2D eigenvalue weighted by Crippen LogP contribution is 2.32. The largest absolute Gasteiger partial charge is 0.433 e. The number of pyridine rings is 1. The molecule has 25 heavy (non-hydrogen) atoms. The maximum absolute atomic E-state index is 13.0. The van der Waals surface area contributed by atoms with Crippen LogP contribution in [0.3, 0.4) is 0 Å². The number of nitrogens with zero attached hydrogens (tertiary/aromatic N) is 2. The molecule has 0 saturated heterocycles. The smallest absolute Gasteiger partial charge is 0.248 e. The van der Waals surface area contributed by atoms with Gasteiger partial charge in [-0.05, 0) is 6.07 Å². The van der Waals surface area contributed by atoms with Crippen molar-refractivity contribution in [1.82, 2.24) is 4.98 Å². The van der Waals surface area contributed by atoms with Gasteiger partial charge in [0.1, 0.15) is 10.8 Å². The normalized spacial score (nSPS) is 11.2. The maximum atomic E-state index is 13.0. The van der Waals surface area contributed by atoms with Crippen molar-refractivity contribution in [3.8, 4) is 0 Å². The zero-order valence-electron chi connectivity index (χ0n) is 12.8. The molecule has 0 aliphatic rings. The summed E-state index contributed by atoms with van der Waals surface area (Å²) in [5, 5.41) is -0.256. The van der Waals surface area contributed by atoms with E-state index in [9.17, 15) is 13.2 Å². The van der Waals surface area contributed by atoms with E-state index in [4.69, 9.17) is 11.6 Å². The minimum atomic E-state index is -4.59. The Balaban J connectivity index is 2.16. The Hall–Kier alpha value is -2.66. The molecule has 0 radical (unpaired) electrons. The highest BCUT2D eigenvalue weighted by Gasteiger charge is 2.33. The van der Waals surface area contributed by atoms with Gasteiger partial charge >= 0.3 is 6.18 Å². The third kappa shape index (κ3) is 4.25. The number of alkyl halides is 3. The molecule has 1 heterocycles. The van der Waals surface area contributed by atoms with E-state index >= 15 is 0 Å². The van der Waals surface area contributed by atoms with Crippen molar-refractivity contribution in [3.63, 3.8) is 0 Å². The van der Waals surface area contributed by atoms with Crippen molar-refractivity contribution in [2.45, 2.75) is 6.18 Å². The Morgan fingerprint density at radius 1 is 0.840 bits per heavy atom. The molecule has 0 saturated carbocycles. The fourth-order valence-electron chi connectivity index (χ4n) is 2.31. The SMILES string of the molecule is FC(F)(F)c1cc(N=C(c2ccccc2)c2ccccc2)cc(Cl)n1. The van der Waals surface area contributed by atoms with Crippen molar-refractivity contribution in [2.24, 2.45) is 4.99 Å². The van der Waals surface area contributed by atoms with Gasteiger partial charge in [0.05, 0.1) is 11.4 Å². The molecule has 0 aliphatic carbocycles. The van der Waals surface area contributed by atoms with E-state index in [1.54, 1.807) is 0 Å². The van der Waals surface area contributed by atoms with Gasteiger partial charge in [-0.25, -0.2) is 9.98 Å². The first kappa shape index (κ1) is 17.2. The first-order chi connectivity index (χ1) is 11.9. The second kappa shape index (κ2) is 7.07. The summed E-state index contributed by atoms with van der Waals surface area (Å²) in [7, 11) is 0. The lowest BCUT2D eigenvalue weighted by molar-refractivity contribution is -0.141. The summed E-state index contributed by atoms with van der Waals surface area (Å²) in [5.74, 6) is 0. The van der Waals surface area contributed by atoms with E-state index in [0.717, 1.165) is 17.2 Å². The van der Waals surface area contributed by atoms with Gasteiger partial charge < -0.3 is 0 Å². The summed E-state index contributed by atoms with van der Waals surface area (Å²) in [6.07, 6.45) is -4.59. The Morgan fingerprint density at radius 3 is 1.84 bits per heavy atom. The van der Waals surface area contributed by atoms with Crippen LogP contribution < -0.4 is 0 Å². The first-order valence-corrected chi connectivity index (χ1v) is 7.75. The van der Waals surface area contributed by atoms with E-state index in [1.807, 2.05) is 60.7 Å². The van der Waals surface area contributed by atoms with E-state index < -0.39 is 11.9 Å². The highest BCUT2D eigenvalue weighted by molar-refractivity contribution is 6.29. The van der Waals surface area contributed by atoms with Gasteiger partial charge in [-0.2, -0.15) is 13.2 Å². The zero-order valence-corrected chi connectivity index (χ0v) is 13.6. The molecule has 0 aliphatic heterocycles. The second-order valence-electron chi connectivity index (χ2n) is 5.22. The summed E-state index contributed by atoms with van der Waals surface area (Å²) in [4.78, 5) is 7.76. The summed E-state index contributed by atoms with van der Waals surface area (Å²) >= 11 is 5.75. The van der Waals surface area contributed by atoms with E-state index in [2.05, 4.69) is 9.98 Å². The lowest BCUT2D eigenvalue weighted by atomic mass is 10.0. The predicted molar refractivity (Wildman–Crippen MR) is 92.4 cm³/mol. The van der Waals surface area contributed by atoms with Crippen LogP contribution in [0.4, 0.5) is 18.9 Å². The summed E-state index contributed by atoms with van der Waals surface area (Å²) in [6.45, 7) is 0. The third-order valence-electron chi connectivity index (χ3n) is 3.40. The highest BCUT2D eigenvalue weighted by atomic mass is 35.5. The molecule has 2 nitrogen and oxygen atoms in total. The molecule has 0 spiro atoms. The molecular formula is C19H12ClF3N2. The van der Waals surface area contributed by atoms with Crippen LogP contribution in [0.25, 0.3) is 0 Å². The van der Waals surface area contributed by atoms with Crippen LogP contribution in [-0.4, -0.2) is 10.7 Å². The Labute approximate surface area is 147 Å². The molecule has 0 bridgehead atoms. The summed E-state index contributed by atoms with van der Waals surface area (Å²) < 4.78 is 38.9. The van der Waals surface area contributed by atoms with Crippen LogP contribution >= 0.6 is 11.6 Å². The average molecular weight is 361 g/mol. The standard InChI is InChI=1S/C19H12ClF3N2/c20-17-12-15(11-16(25-17)19(21,22)23)24-18(13-7-3-1-4-8-13)14-9-5-2-6-10-14/h1-12H. The number of aromatic nitrogens is 1. The van der Waals surface area contributed by atoms with Crippen molar-refractivity contribution in [3.05, 3.63) is 94.8 Å². The number of aliphatic imine (C=N–C) groups is 1. The van der Waals surface area contributed by atoms with E-state index in [1.165, 1.54) is 6.07 Å². The Bertz CT molecular complexity index is 850. The molecular weight excluding hydrogens is 349 g/mol. The second-order valence-corrected chi connectivity index (χ2v) is 5.61. The quantitative estimate of drug-likeness (QED) is 0.420. The number of benzene rings is 2. The first-order valence-electron chi connectivity index (χ1n) is 7.38. The van der Waals surface area contributed by atoms with Crippen LogP contribution in [0, 0.1) is 0 Å². The van der Waals surface area contributed by atoms with Gasteiger partial charge in [0.25, 0.3) is 0 Å². The van der Waals surface area contributed by atoms with E-state index in [-0.39, 0.29) is 10.8 Å². The van der Waals surface area contributed by atoms with Gasteiger partial charge in [0, 0.05) is 17.2 Å². The molecule has 0 amide bonds. The van der Waals surface area contributed by atoms with E-state index in [0.29, 0.717) is 5.71 Å². The predicted octanol–water partition coefficient (Wildman–Crippen LogP) is 5.92. The number of rotatable bonds is 3. The summed E-state index contributed by atoms with van der Waals surface area (Å²) in [5.41, 5.74) is 1.15. The van der Waals surface area contributed by atoms with Crippen molar-refractivity contribution >= 4 is 23.0 Å². The van der Waals surface area contributed by atoms with Gasteiger partial charge in [-0.15, -0.1) is 0 Å². The number of halogens is 4. The Morgan fingerprint density at radius 2 is 1.36 bits per heavy atom. The lowest BCUT2D eigenvalue weighted by Gasteiger charge is -2.10. The fourth-order valence-corrected chi connectivity index (χ4v) is 2.51. The minimum Gasteiger partial charge on any atom is -0.248 e. The van der Waals surface area contributed by atoms with Crippen LogP contribution in [0.5, 0.6) is 0 Å². The lowest BCUT2D eigenvalue weighted by Crippen LogP contribution is -2.08. The number of hydrogen-bond donors (Lipinski definition) is 0. The molecule has 0 unspecified atom stereocenters. The van der Waals surface area contributed by atoms with Gasteiger partial charge in [-0.1, -0.05) is 72.3 Å².